The van der Waals surface area contributed by atoms with Crippen LogP contribution in [0.15, 0.2) is 16.7 Å². The molecule has 0 saturated heterocycles. The van der Waals surface area contributed by atoms with Gasteiger partial charge in [0, 0.05) is 10.2 Å². The summed E-state index contributed by atoms with van der Waals surface area (Å²) >= 11 is 9.43. The van der Waals surface area contributed by atoms with Gasteiger partial charge in [0.15, 0.2) is 0 Å². The minimum atomic E-state index is -3.62. The maximum Gasteiger partial charge on any atom is 0.400 e. The van der Waals surface area contributed by atoms with Crippen LogP contribution in [0.25, 0.3) is 10.7 Å². The van der Waals surface area contributed by atoms with Gasteiger partial charge in [0.2, 0.25) is 5.82 Å². The van der Waals surface area contributed by atoms with E-state index in [1.165, 1.54) is 11.3 Å². The van der Waals surface area contributed by atoms with Crippen LogP contribution in [-0.2, 0) is 10.7 Å². The average Bonchev–Trinajstić information content (AvgIpc) is 2.85. The van der Waals surface area contributed by atoms with Gasteiger partial charge in [0.05, 0.1) is 4.88 Å². The lowest BCUT2D eigenvalue weighted by Crippen LogP contribution is -2.03. The smallest absolute Gasteiger partial charge is 0.331 e. The Balaban J connectivity index is 2.31. The third-order valence-electron chi connectivity index (χ3n) is 1.68. The van der Waals surface area contributed by atoms with Crippen LogP contribution in [0.5, 0.6) is 0 Å². The highest BCUT2D eigenvalue weighted by atomic mass is 79.9. The molecule has 3 nitrogen and oxygen atoms in total. The van der Waals surface area contributed by atoms with Crippen molar-refractivity contribution < 1.29 is 13.3 Å². The summed E-state index contributed by atoms with van der Waals surface area (Å²) in [6.45, 7) is 0. The molecular weight excluding hydrogens is 326 g/mol. The van der Waals surface area contributed by atoms with Gasteiger partial charge in [0.25, 0.3) is 0 Å². The Kier molecular flexibility index (Phi) is 3.27. The van der Waals surface area contributed by atoms with Crippen LogP contribution in [0.1, 0.15) is 10.8 Å². The number of hydrogen-bond donors (Lipinski definition) is 0. The van der Waals surface area contributed by atoms with Crippen molar-refractivity contribution >= 4 is 38.9 Å². The molecule has 2 rings (SSSR count). The van der Waals surface area contributed by atoms with Crippen LogP contribution < -0.4 is 0 Å². The van der Waals surface area contributed by atoms with Crippen molar-refractivity contribution in [3.8, 4) is 10.7 Å². The summed E-state index contributed by atoms with van der Waals surface area (Å²) < 4.78 is 29.6. The largest absolute Gasteiger partial charge is 0.400 e. The van der Waals surface area contributed by atoms with Gasteiger partial charge in [-0.25, -0.2) is 0 Å². The fourth-order valence-electron chi connectivity index (χ4n) is 1.01. The molecule has 0 bridgehead atoms. The third kappa shape index (κ3) is 2.41. The lowest BCUT2D eigenvalue weighted by molar-refractivity contribution is 0.0551. The standard InChI is InChI=1S/C8H4BrClF2N2OS/c9-3-4-1-2-5(16-4)6-13-7(15-14-6)8(10,11)12/h1-2H,3H2. The maximum atomic E-state index is 12.6. The van der Waals surface area contributed by atoms with Crippen LogP contribution in [0.3, 0.4) is 0 Å². The van der Waals surface area contributed by atoms with Gasteiger partial charge in [-0.2, -0.15) is 13.8 Å². The maximum absolute atomic E-state index is 12.6. The lowest BCUT2D eigenvalue weighted by atomic mass is 10.4. The predicted molar refractivity (Wildman–Crippen MR) is 60.0 cm³/mol. The van der Waals surface area contributed by atoms with Crippen molar-refractivity contribution in [1.29, 1.82) is 0 Å². The fraction of sp³-hybridized carbons (Fsp3) is 0.250. The molecule has 86 valence electrons. The highest BCUT2D eigenvalue weighted by molar-refractivity contribution is 9.08. The summed E-state index contributed by atoms with van der Waals surface area (Å²) in [7, 11) is 0. The number of nitrogens with zero attached hydrogens (tertiary/aromatic N) is 2. The Hall–Kier alpha value is -0.530. The molecule has 0 aliphatic heterocycles. The number of thiophene rings is 1. The van der Waals surface area contributed by atoms with Gasteiger partial charge in [-0.05, 0) is 23.7 Å². The van der Waals surface area contributed by atoms with Crippen molar-refractivity contribution in [1.82, 2.24) is 10.1 Å². The van der Waals surface area contributed by atoms with Crippen LogP contribution in [-0.4, -0.2) is 10.1 Å². The van der Waals surface area contributed by atoms with Crippen molar-refractivity contribution in [2.45, 2.75) is 10.7 Å². The summed E-state index contributed by atoms with van der Waals surface area (Å²) in [6.07, 6.45) is 0. The summed E-state index contributed by atoms with van der Waals surface area (Å²) in [6, 6.07) is 3.59. The molecule has 8 heteroatoms. The second-order valence-corrected chi connectivity index (χ2v) is 5.02. The number of rotatable bonds is 3. The SMILES string of the molecule is FC(F)(Cl)c1nc(-c2ccc(CBr)s2)no1. The summed E-state index contributed by atoms with van der Waals surface area (Å²) in [5.74, 6) is -0.773. The summed E-state index contributed by atoms with van der Waals surface area (Å²) in [5, 5.41) is 0.509. The van der Waals surface area contributed by atoms with E-state index in [1.807, 2.05) is 6.07 Å². The van der Waals surface area contributed by atoms with E-state index in [1.54, 1.807) is 6.07 Å². The normalized spacial score (nSPS) is 12.0. The molecule has 0 atom stereocenters. The molecule has 2 aromatic rings. The molecule has 0 aliphatic rings. The lowest BCUT2D eigenvalue weighted by Gasteiger charge is -1.97. The Morgan fingerprint density at radius 1 is 1.50 bits per heavy atom. The quantitative estimate of drug-likeness (QED) is 0.800. The zero-order valence-corrected chi connectivity index (χ0v) is 10.7. The van der Waals surface area contributed by atoms with E-state index in [4.69, 9.17) is 11.6 Å². The monoisotopic (exact) mass is 328 g/mol. The van der Waals surface area contributed by atoms with E-state index < -0.39 is 11.3 Å². The zero-order chi connectivity index (χ0) is 11.8. The van der Waals surface area contributed by atoms with Crippen LogP contribution in [0, 0.1) is 0 Å². The van der Waals surface area contributed by atoms with Crippen molar-refractivity contribution in [2.24, 2.45) is 0 Å². The second kappa shape index (κ2) is 4.38. The van der Waals surface area contributed by atoms with E-state index in [0.29, 0.717) is 10.2 Å². The second-order valence-electron chi connectivity index (χ2n) is 2.82. The van der Waals surface area contributed by atoms with Gasteiger partial charge < -0.3 is 4.52 Å². The van der Waals surface area contributed by atoms with Gasteiger partial charge in [0.1, 0.15) is 0 Å². The molecule has 0 spiro atoms. The molecule has 0 saturated carbocycles. The first kappa shape index (κ1) is 11.9. The Morgan fingerprint density at radius 2 is 2.25 bits per heavy atom. The van der Waals surface area contributed by atoms with Crippen molar-refractivity contribution in [3.05, 3.63) is 22.9 Å². The number of hydrogen-bond acceptors (Lipinski definition) is 4. The van der Waals surface area contributed by atoms with Crippen LogP contribution >= 0.6 is 38.9 Å². The first-order valence-corrected chi connectivity index (χ1v) is 6.38. The van der Waals surface area contributed by atoms with E-state index >= 15 is 0 Å². The molecule has 0 radical (unpaired) electrons. The number of halogens is 4. The molecule has 0 amide bonds. The van der Waals surface area contributed by atoms with Crippen LogP contribution in [0.4, 0.5) is 8.78 Å². The van der Waals surface area contributed by atoms with Gasteiger partial charge >= 0.3 is 11.3 Å². The van der Waals surface area contributed by atoms with Gasteiger partial charge in [-0.3, -0.25) is 0 Å². The molecule has 0 unspecified atom stereocenters. The molecular formula is C8H4BrClF2N2OS. The molecule has 0 aromatic carbocycles. The minimum absolute atomic E-state index is 0.118. The average molecular weight is 330 g/mol. The van der Waals surface area contributed by atoms with E-state index in [9.17, 15) is 8.78 Å². The zero-order valence-electron chi connectivity index (χ0n) is 7.58. The summed E-state index contributed by atoms with van der Waals surface area (Å²) in [5.41, 5.74) is 0. The van der Waals surface area contributed by atoms with Gasteiger partial charge in [-0.15, -0.1) is 11.3 Å². The van der Waals surface area contributed by atoms with E-state index in [-0.39, 0.29) is 5.82 Å². The first-order valence-electron chi connectivity index (χ1n) is 4.06. The molecule has 2 heterocycles. The summed E-state index contributed by atoms with van der Waals surface area (Å²) in [4.78, 5) is 5.23. The van der Waals surface area contributed by atoms with E-state index in [0.717, 1.165) is 4.88 Å². The highest BCUT2D eigenvalue weighted by Gasteiger charge is 2.35. The van der Waals surface area contributed by atoms with E-state index in [2.05, 4.69) is 30.6 Å². The molecule has 0 fully saturated rings. The third-order valence-corrected chi connectivity index (χ3v) is 3.90. The first-order chi connectivity index (χ1) is 7.50. The Morgan fingerprint density at radius 3 is 2.75 bits per heavy atom. The number of alkyl halides is 4. The van der Waals surface area contributed by atoms with Crippen molar-refractivity contribution in [3.63, 3.8) is 0 Å². The predicted octanol–water partition coefficient (Wildman–Crippen LogP) is 3.98. The molecule has 0 N–H and O–H groups in total. The van der Waals surface area contributed by atoms with Crippen molar-refractivity contribution in [2.75, 3.05) is 0 Å². The Labute approximate surface area is 107 Å². The Bertz CT molecular complexity index is 496. The fourth-order valence-corrected chi connectivity index (χ4v) is 2.40. The topological polar surface area (TPSA) is 38.9 Å². The highest BCUT2D eigenvalue weighted by Crippen LogP contribution is 2.33. The minimum Gasteiger partial charge on any atom is -0.331 e. The number of aromatic nitrogens is 2. The van der Waals surface area contributed by atoms with Crippen LogP contribution in [0.2, 0.25) is 0 Å². The molecule has 0 aliphatic carbocycles. The van der Waals surface area contributed by atoms with Gasteiger partial charge in [-0.1, -0.05) is 21.1 Å². The molecule has 16 heavy (non-hydrogen) atoms. The molecule has 2 aromatic heterocycles.